The van der Waals surface area contributed by atoms with Crippen LogP contribution >= 0.6 is 15.9 Å². The molecule has 0 amide bonds. The van der Waals surface area contributed by atoms with E-state index in [1.54, 1.807) is 6.07 Å². The third kappa shape index (κ3) is 2.56. The first-order valence-corrected chi connectivity index (χ1v) is 5.91. The lowest BCUT2D eigenvalue weighted by molar-refractivity contribution is 0.461. The summed E-state index contributed by atoms with van der Waals surface area (Å²) in [6.07, 6.45) is 3.39. The fourth-order valence-corrected chi connectivity index (χ4v) is 2.42. The molecule has 0 saturated heterocycles. The molecule has 0 spiro atoms. The molecule has 0 radical (unpaired) electrons. The van der Waals surface area contributed by atoms with Crippen molar-refractivity contribution in [2.45, 2.75) is 25.3 Å². The van der Waals surface area contributed by atoms with Crippen molar-refractivity contribution in [1.29, 1.82) is 0 Å². The number of rotatable bonds is 4. The molecule has 0 bridgehead atoms. The summed E-state index contributed by atoms with van der Waals surface area (Å²) in [6, 6.07) is 4.91. The fourth-order valence-electron chi connectivity index (χ4n) is 1.80. The average Bonchev–Trinajstić information content (AvgIpc) is 2.99. The van der Waals surface area contributed by atoms with Gasteiger partial charge in [0.05, 0.1) is 6.04 Å². The summed E-state index contributed by atoms with van der Waals surface area (Å²) < 4.78 is 14.4. The van der Waals surface area contributed by atoms with Crippen LogP contribution in [-0.2, 0) is 0 Å². The minimum absolute atomic E-state index is 0.0897. The van der Waals surface area contributed by atoms with E-state index in [2.05, 4.69) is 21.4 Å². The molecule has 2 rings (SSSR count). The first kappa shape index (κ1) is 11.0. The Labute approximate surface area is 97.1 Å². The molecule has 4 heteroatoms. The predicted octanol–water partition coefficient (Wildman–Crippen LogP) is 2.89. The van der Waals surface area contributed by atoms with Crippen LogP contribution in [0, 0.1) is 11.7 Å². The van der Waals surface area contributed by atoms with Crippen LogP contribution in [0.2, 0.25) is 0 Å². The smallest absolute Gasteiger partial charge is 0.129 e. The molecule has 1 saturated carbocycles. The van der Waals surface area contributed by atoms with E-state index in [0.29, 0.717) is 11.5 Å². The van der Waals surface area contributed by atoms with E-state index < -0.39 is 0 Å². The molecule has 82 valence electrons. The highest BCUT2D eigenvalue weighted by Crippen LogP contribution is 2.39. The van der Waals surface area contributed by atoms with Gasteiger partial charge in [-0.15, -0.1) is 0 Å². The molecular weight excluding hydrogens is 259 g/mol. The molecule has 0 heterocycles. The van der Waals surface area contributed by atoms with Crippen LogP contribution in [0.5, 0.6) is 0 Å². The molecule has 2 nitrogen and oxygen atoms in total. The van der Waals surface area contributed by atoms with Crippen LogP contribution < -0.4 is 11.3 Å². The van der Waals surface area contributed by atoms with Gasteiger partial charge in [-0.25, -0.2) is 4.39 Å². The highest BCUT2D eigenvalue weighted by atomic mass is 79.9. The summed E-state index contributed by atoms with van der Waals surface area (Å²) in [6.45, 7) is 0. The van der Waals surface area contributed by atoms with Gasteiger partial charge in [-0.2, -0.15) is 0 Å². The lowest BCUT2D eigenvalue weighted by Crippen LogP contribution is -2.29. The second kappa shape index (κ2) is 4.60. The largest absolute Gasteiger partial charge is 0.271 e. The molecule has 0 aromatic heterocycles. The van der Waals surface area contributed by atoms with E-state index >= 15 is 0 Å². The van der Waals surface area contributed by atoms with Gasteiger partial charge >= 0.3 is 0 Å². The van der Waals surface area contributed by atoms with E-state index in [1.165, 1.54) is 18.9 Å². The third-order valence-electron chi connectivity index (χ3n) is 2.82. The topological polar surface area (TPSA) is 38.0 Å². The van der Waals surface area contributed by atoms with Crippen LogP contribution in [0.25, 0.3) is 0 Å². The Kier molecular flexibility index (Phi) is 3.38. The Balaban J connectivity index is 2.23. The van der Waals surface area contributed by atoms with Gasteiger partial charge in [-0.1, -0.05) is 34.8 Å². The Morgan fingerprint density at radius 3 is 2.80 bits per heavy atom. The van der Waals surface area contributed by atoms with E-state index in [4.69, 9.17) is 5.84 Å². The number of hydrazine groups is 1. The van der Waals surface area contributed by atoms with Gasteiger partial charge in [0.15, 0.2) is 0 Å². The maximum atomic E-state index is 13.6. The first-order valence-electron chi connectivity index (χ1n) is 5.12. The summed E-state index contributed by atoms with van der Waals surface area (Å²) in [5, 5.41) is 0. The van der Waals surface area contributed by atoms with Crippen molar-refractivity contribution in [1.82, 2.24) is 5.43 Å². The predicted molar refractivity (Wildman–Crippen MR) is 61.5 cm³/mol. The quantitative estimate of drug-likeness (QED) is 0.654. The zero-order chi connectivity index (χ0) is 10.8. The molecule has 1 aliphatic carbocycles. The lowest BCUT2D eigenvalue weighted by Gasteiger charge is -2.18. The normalized spacial score (nSPS) is 17.8. The van der Waals surface area contributed by atoms with Crippen molar-refractivity contribution in [3.63, 3.8) is 0 Å². The zero-order valence-electron chi connectivity index (χ0n) is 8.34. The summed E-state index contributed by atoms with van der Waals surface area (Å²) in [5.74, 6) is 5.99. The molecule has 1 atom stereocenters. The maximum absolute atomic E-state index is 13.6. The molecule has 1 aromatic carbocycles. The molecule has 1 fully saturated rings. The van der Waals surface area contributed by atoms with E-state index in [1.807, 2.05) is 6.07 Å². The molecule has 0 aliphatic heterocycles. The van der Waals surface area contributed by atoms with Crippen LogP contribution in [0.4, 0.5) is 4.39 Å². The summed E-state index contributed by atoms with van der Waals surface area (Å²) in [7, 11) is 0. The molecule has 1 aliphatic rings. The molecule has 1 unspecified atom stereocenters. The summed E-state index contributed by atoms with van der Waals surface area (Å²) in [5.41, 5.74) is 3.35. The SMILES string of the molecule is NNC(CC1CC1)c1c(F)cccc1Br. The standard InChI is InChI=1S/C11H14BrFN2/c12-8-2-1-3-9(13)11(8)10(15-14)6-7-4-5-7/h1-3,7,10,15H,4-6,14H2. The number of halogens is 2. The molecular formula is C11H14BrFN2. The number of hydrogen-bond donors (Lipinski definition) is 2. The van der Waals surface area contributed by atoms with Gasteiger partial charge in [0.2, 0.25) is 0 Å². The van der Waals surface area contributed by atoms with Crippen molar-refractivity contribution in [3.8, 4) is 0 Å². The van der Waals surface area contributed by atoms with Gasteiger partial charge in [0.1, 0.15) is 5.82 Å². The van der Waals surface area contributed by atoms with E-state index in [0.717, 1.165) is 10.9 Å². The molecule has 15 heavy (non-hydrogen) atoms. The average molecular weight is 273 g/mol. The second-order valence-corrected chi connectivity index (χ2v) is 4.89. The van der Waals surface area contributed by atoms with Crippen molar-refractivity contribution in [3.05, 3.63) is 34.1 Å². The Hall–Kier alpha value is -0.450. The minimum Gasteiger partial charge on any atom is -0.271 e. The maximum Gasteiger partial charge on any atom is 0.129 e. The number of benzene rings is 1. The van der Waals surface area contributed by atoms with Crippen LogP contribution in [0.15, 0.2) is 22.7 Å². The zero-order valence-corrected chi connectivity index (χ0v) is 9.93. The Bertz CT molecular complexity index is 332. The van der Waals surface area contributed by atoms with Crippen molar-refractivity contribution >= 4 is 15.9 Å². The molecule has 3 N–H and O–H groups in total. The lowest BCUT2D eigenvalue weighted by atomic mass is 10.0. The Morgan fingerprint density at radius 1 is 1.53 bits per heavy atom. The number of nitrogens with one attached hydrogen (secondary N) is 1. The van der Waals surface area contributed by atoms with E-state index in [-0.39, 0.29) is 11.9 Å². The van der Waals surface area contributed by atoms with Crippen molar-refractivity contribution in [2.75, 3.05) is 0 Å². The van der Waals surface area contributed by atoms with Crippen LogP contribution in [0.1, 0.15) is 30.9 Å². The Morgan fingerprint density at radius 2 is 2.27 bits per heavy atom. The van der Waals surface area contributed by atoms with Gasteiger partial charge < -0.3 is 0 Å². The van der Waals surface area contributed by atoms with Gasteiger partial charge in [-0.05, 0) is 24.5 Å². The van der Waals surface area contributed by atoms with Gasteiger partial charge in [0, 0.05) is 10.0 Å². The highest BCUT2D eigenvalue weighted by Gasteiger charge is 2.28. The number of hydrogen-bond acceptors (Lipinski definition) is 2. The summed E-state index contributed by atoms with van der Waals surface area (Å²) >= 11 is 3.36. The van der Waals surface area contributed by atoms with E-state index in [9.17, 15) is 4.39 Å². The third-order valence-corrected chi connectivity index (χ3v) is 3.51. The van der Waals surface area contributed by atoms with Crippen molar-refractivity contribution < 1.29 is 4.39 Å². The summed E-state index contributed by atoms with van der Waals surface area (Å²) in [4.78, 5) is 0. The minimum atomic E-state index is -0.201. The van der Waals surface area contributed by atoms with Crippen molar-refractivity contribution in [2.24, 2.45) is 11.8 Å². The highest BCUT2D eigenvalue weighted by molar-refractivity contribution is 9.10. The number of nitrogens with two attached hydrogens (primary N) is 1. The van der Waals surface area contributed by atoms with Gasteiger partial charge in [-0.3, -0.25) is 11.3 Å². The van der Waals surface area contributed by atoms with Crippen LogP contribution in [-0.4, -0.2) is 0 Å². The molecule has 1 aromatic rings. The first-order chi connectivity index (χ1) is 7.22. The van der Waals surface area contributed by atoms with Gasteiger partial charge in [0.25, 0.3) is 0 Å². The fraction of sp³-hybridized carbons (Fsp3) is 0.455. The monoisotopic (exact) mass is 272 g/mol. The van der Waals surface area contributed by atoms with Crippen LogP contribution in [0.3, 0.4) is 0 Å². The second-order valence-electron chi connectivity index (χ2n) is 4.03.